The van der Waals surface area contributed by atoms with E-state index < -0.39 is 15.7 Å². The van der Waals surface area contributed by atoms with Crippen LogP contribution < -0.4 is 10.1 Å². The van der Waals surface area contributed by atoms with Gasteiger partial charge in [-0.05, 0) is 19.1 Å². The van der Waals surface area contributed by atoms with Crippen LogP contribution >= 0.6 is 0 Å². The second kappa shape index (κ2) is 6.58. The van der Waals surface area contributed by atoms with Gasteiger partial charge in [0.1, 0.15) is 0 Å². The summed E-state index contributed by atoms with van der Waals surface area (Å²) in [7, 11) is -3.00. The summed E-state index contributed by atoms with van der Waals surface area (Å²) >= 11 is 0. The van der Waals surface area contributed by atoms with Crippen molar-refractivity contribution in [2.45, 2.75) is 13.8 Å². The Labute approximate surface area is 107 Å². The van der Waals surface area contributed by atoms with Crippen molar-refractivity contribution in [3.05, 3.63) is 24.0 Å². The molecule has 0 aromatic heterocycles. The van der Waals surface area contributed by atoms with E-state index >= 15 is 0 Å². The summed E-state index contributed by atoms with van der Waals surface area (Å²) in [6, 6.07) is 4.48. The van der Waals surface area contributed by atoms with E-state index in [-0.39, 0.29) is 23.8 Å². The first-order chi connectivity index (χ1) is 8.48. The predicted octanol–water partition coefficient (Wildman–Crippen LogP) is 2.07. The molecule has 0 spiro atoms. The van der Waals surface area contributed by atoms with E-state index in [1.54, 1.807) is 19.9 Å². The molecule has 1 rings (SSSR count). The van der Waals surface area contributed by atoms with Crippen LogP contribution in [0.3, 0.4) is 0 Å². The smallest absolute Gasteiger partial charge is 0.167 e. The van der Waals surface area contributed by atoms with Crippen molar-refractivity contribution in [3.63, 3.8) is 0 Å². The summed E-state index contributed by atoms with van der Waals surface area (Å²) in [6.45, 7) is 4.05. The Kier molecular flexibility index (Phi) is 5.40. The van der Waals surface area contributed by atoms with Crippen molar-refractivity contribution in [1.29, 1.82) is 0 Å². The molecule has 0 radical (unpaired) electrons. The molecule has 0 bridgehead atoms. The number of rotatable bonds is 7. The number of nitrogens with one attached hydrogen (secondary N) is 1. The highest BCUT2D eigenvalue weighted by Crippen LogP contribution is 2.20. The summed E-state index contributed by atoms with van der Waals surface area (Å²) in [6.07, 6.45) is 0. The second-order valence-electron chi connectivity index (χ2n) is 3.74. The van der Waals surface area contributed by atoms with E-state index in [9.17, 15) is 12.8 Å². The van der Waals surface area contributed by atoms with E-state index in [0.29, 0.717) is 12.3 Å². The van der Waals surface area contributed by atoms with Gasteiger partial charge in [-0.15, -0.1) is 0 Å². The van der Waals surface area contributed by atoms with E-state index in [1.165, 1.54) is 12.1 Å². The van der Waals surface area contributed by atoms with Gasteiger partial charge in [-0.25, -0.2) is 12.8 Å². The SMILES string of the molecule is CCOc1ccc(NCCS(=O)(=O)CC)cc1F. The number of hydrogen-bond acceptors (Lipinski definition) is 4. The van der Waals surface area contributed by atoms with Crippen molar-refractivity contribution < 1.29 is 17.5 Å². The number of benzene rings is 1. The van der Waals surface area contributed by atoms with E-state index in [1.807, 2.05) is 0 Å². The van der Waals surface area contributed by atoms with Gasteiger partial charge in [-0.2, -0.15) is 0 Å². The number of halogens is 1. The molecule has 0 saturated heterocycles. The van der Waals surface area contributed by atoms with Crippen LogP contribution in [0.25, 0.3) is 0 Å². The van der Waals surface area contributed by atoms with Gasteiger partial charge >= 0.3 is 0 Å². The van der Waals surface area contributed by atoms with Gasteiger partial charge in [-0.3, -0.25) is 0 Å². The molecule has 6 heteroatoms. The molecule has 0 amide bonds. The quantitative estimate of drug-likeness (QED) is 0.827. The molecule has 1 aromatic carbocycles. The van der Waals surface area contributed by atoms with Crippen molar-refractivity contribution in [1.82, 2.24) is 0 Å². The summed E-state index contributed by atoms with van der Waals surface area (Å²) in [5.74, 6) is -0.102. The Morgan fingerprint density at radius 1 is 1.33 bits per heavy atom. The Bertz CT molecular complexity index is 488. The van der Waals surface area contributed by atoms with Gasteiger partial charge < -0.3 is 10.1 Å². The standard InChI is InChI=1S/C12H18FNO3S/c1-3-17-12-6-5-10(9-11(12)13)14-7-8-18(15,16)4-2/h5-6,9,14H,3-4,7-8H2,1-2H3. The Hall–Kier alpha value is -1.30. The molecule has 0 aliphatic rings. The zero-order valence-electron chi connectivity index (χ0n) is 10.6. The Balaban J connectivity index is 2.56. The Morgan fingerprint density at radius 2 is 2.06 bits per heavy atom. The lowest BCUT2D eigenvalue weighted by atomic mass is 10.3. The van der Waals surface area contributed by atoms with Crippen LogP contribution in [-0.4, -0.2) is 33.1 Å². The number of ether oxygens (including phenoxy) is 1. The third kappa shape index (κ3) is 4.52. The van der Waals surface area contributed by atoms with Crippen LogP contribution in [0.5, 0.6) is 5.75 Å². The van der Waals surface area contributed by atoms with Gasteiger partial charge in [0, 0.05) is 24.1 Å². The van der Waals surface area contributed by atoms with E-state index in [4.69, 9.17) is 4.74 Å². The van der Waals surface area contributed by atoms with Crippen LogP contribution in [-0.2, 0) is 9.84 Å². The average molecular weight is 275 g/mol. The number of anilines is 1. The molecule has 1 N–H and O–H groups in total. The molecule has 0 aliphatic carbocycles. The van der Waals surface area contributed by atoms with Crippen LogP contribution in [0.2, 0.25) is 0 Å². The first-order valence-electron chi connectivity index (χ1n) is 5.85. The molecule has 1 aromatic rings. The summed E-state index contributed by atoms with van der Waals surface area (Å²) in [5.41, 5.74) is 0.544. The second-order valence-corrected chi connectivity index (χ2v) is 6.21. The molecule has 0 atom stereocenters. The van der Waals surface area contributed by atoms with Crippen molar-refractivity contribution >= 4 is 15.5 Å². The molecular formula is C12H18FNO3S. The minimum absolute atomic E-state index is 0.0400. The average Bonchev–Trinajstić information content (AvgIpc) is 2.32. The molecular weight excluding hydrogens is 257 g/mol. The van der Waals surface area contributed by atoms with Gasteiger partial charge in [-0.1, -0.05) is 6.92 Å². The van der Waals surface area contributed by atoms with Gasteiger partial charge in [0.25, 0.3) is 0 Å². The minimum atomic E-state index is -3.00. The van der Waals surface area contributed by atoms with E-state index in [0.717, 1.165) is 0 Å². The highest BCUT2D eigenvalue weighted by atomic mass is 32.2. The maximum Gasteiger partial charge on any atom is 0.167 e. The lowest BCUT2D eigenvalue weighted by molar-refractivity contribution is 0.321. The summed E-state index contributed by atoms with van der Waals surface area (Å²) in [4.78, 5) is 0. The highest BCUT2D eigenvalue weighted by Gasteiger charge is 2.07. The monoisotopic (exact) mass is 275 g/mol. The first-order valence-corrected chi connectivity index (χ1v) is 7.67. The zero-order chi connectivity index (χ0) is 13.6. The first kappa shape index (κ1) is 14.8. The largest absolute Gasteiger partial charge is 0.491 e. The van der Waals surface area contributed by atoms with Crippen molar-refractivity contribution in [3.8, 4) is 5.75 Å². The normalized spacial score (nSPS) is 11.3. The topological polar surface area (TPSA) is 55.4 Å². The zero-order valence-corrected chi connectivity index (χ0v) is 11.4. The highest BCUT2D eigenvalue weighted by molar-refractivity contribution is 7.91. The van der Waals surface area contributed by atoms with Crippen molar-refractivity contribution in [2.24, 2.45) is 0 Å². The molecule has 0 fully saturated rings. The summed E-state index contributed by atoms with van der Waals surface area (Å²) in [5, 5.41) is 2.87. The number of sulfone groups is 1. The van der Waals surface area contributed by atoms with E-state index in [2.05, 4.69) is 5.32 Å². The van der Waals surface area contributed by atoms with Gasteiger partial charge in [0.15, 0.2) is 21.4 Å². The maximum absolute atomic E-state index is 13.5. The van der Waals surface area contributed by atoms with Crippen LogP contribution in [0, 0.1) is 5.82 Å². The third-order valence-corrected chi connectivity index (χ3v) is 4.12. The fraction of sp³-hybridized carbons (Fsp3) is 0.500. The molecule has 4 nitrogen and oxygen atoms in total. The molecule has 0 aliphatic heterocycles. The predicted molar refractivity (Wildman–Crippen MR) is 70.4 cm³/mol. The fourth-order valence-electron chi connectivity index (χ4n) is 1.38. The number of hydrogen-bond donors (Lipinski definition) is 1. The lowest BCUT2D eigenvalue weighted by Crippen LogP contribution is -2.17. The molecule has 102 valence electrons. The molecule has 0 saturated carbocycles. The van der Waals surface area contributed by atoms with Crippen molar-refractivity contribution in [2.75, 3.05) is 30.0 Å². The van der Waals surface area contributed by atoms with Crippen LogP contribution in [0.1, 0.15) is 13.8 Å². The van der Waals surface area contributed by atoms with Crippen LogP contribution in [0.15, 0.2) is 18.2 Å². The molecule has 18 heavy (non-hydrogen) atoms. The molecule has 0 unspecified atom stereocenters. The third-order valence-electron chi connectivity index (χ3n) is 2.41. The lowest BCUT2D eigenvalue weighted by Gasteiger charge is -2.09. The van der Waals surface area contributed by atoms with Gasteiger partial charge in [0.2, 0.25) is 0 Å². The van der Waals surface area contributed by atoms with Gasteiger partial charge in [0.05, 0.1) is 12.4 Å². The maximum atomic E-state index is 13.5. The molecule has 0 heterocycles. The Morgan fingerprint density at radius 3 is 2.61 bits per heavy atom. The fourth-order valence-corrected chi connectivity index (χ4v) is 2.08. The van der Waals surface area contributed by atoms with Crippen LogP contribution in [0.4, 0.5) is 10.1 Å². The minimum Gasteiger partial charge on any atom is -0.491 e. The summed E-state index contributed by atoms with van der Waals surface area (Å²) < 4.78 is 41.1.